The second-order valence-electron chi connectivity index (χ2n) is 15.6. The number of esters is 1. The molecule has 0 radical (unpaired) electrons. The molecule has 0 unspecified atom stereocenters. The number of ether oxygens (including phenoxy) is 1. The highest BCUT2D eigenvalue weighted by Crippen LogP contribution is 2.77. The Bertz CT molecular complexity index is 963. The lowest BCUT2D eigenvalue weighted by Crippen LogP contribution is -2.67. The molecule has 5 aliphatic rings. The maximum Gasteiger partial charge on any atom is 0.312 e. The minimum Gasteiger partial charge on any atom is -0.465 e. The zero-order valence-corrected chi connectivity index (χ0v) is 25.4. The average molecular weight is 545 g/mol. The van der Waals surface area contributed by atoms with E-state index in [9.17, 15) is 20.1 Å². The first-order valence-corrected chi connectivity index (χ1v) is 16.1. The van der Waals surface area contributed by atoms with E-state index in [-0.39, 0.29) is 35.4 Å². The number of rotatable bonds is 7. The van der Waals surface area contributed by atoms with E-state index in [0.717, 1.165) is 64.2 Å². The van der Waals surface area contributed by atoms with Crippen molar-refractivity contribution < 1.29 is 24.9 Å². The molecule has 0 saturated heterocycles. The highest BCUT2D eigenvalue weighted by molar-refractivity contribution is 5.78. The molecule has 0 amide bonds. The van der Waals surface area contributed by atoms with Gasteiger partial charge in [-0.05, 0) is 130 Å². The minimum absolute atomic E-state index is 0.0131. The molecule has 0 aromatic heterocycles. The standard InChI is InChI=1S/C34H56O5/c1-22(2)23-11-16-34(29(38)39-20-8-7-19-35)18-17-32(5)24(28(23)34)9-10-26-30(3)14-13-27(37)31(4,21-36)25(30)12-15-33(26,32)6/h23-28,35-37H,1,7-21H2,2-6H3/t23-,24+,25+,26+,27-,28+,30-,31-,32+,33+,34-/m0/s1. The molecule has 5 rings (SSSR count). The molecule has 5 fully saturated rings. The molecule has 11 atom stereocenters. The first kappa shape index (κ1) is 29.6. The number of carbonyl (C=O) groups is 1. The van der Waals surface area contributed by atoms with Gasteiger partial charge in [0.15, 0.2) is 0 Å². The third-order valence-electron chi connectivity index (χ3n) is 14.4. The van der Waals surface area contributed by atoms with Crippen LogP contribution in [-0.2, 0) is 9.53 Å². The molecule has 0 bridgehead atoms. The second kappa shape index (κ2) is 10.1. The van der Waals surface area contributed by atoms with E-state index in [1.165, 1.54) is 12.0 Å². The topological polar surface area (TPSA) is 87.0 Å². The van der Waals surface area contributed by atoms with Gasteiger partial charge in [-0.25, -0.2) is 0 Å². The summed E-state index contributed by atoms with van der Waals surface area (Å²) >= 11 is 0. The van der Waals surface area contributed by atoms with Crippen molar-refractivity contribution >= 4 is 5.97 Å². The summed E-state index contributed by atoms with van der Waals surface area (Å²) in [6.45, 7) is 17.0. The lowest BCUT2D eigenvalue weighted by Gasteiger charge is -2.72. The van der Waals surface area contributed by atoms with E-state index in [1.54, 1.807) is 0 Å². The highest BCUT2D eigenvalue weighted by atomic mass is 16.5. The zero-order chi connectivity index (χ0) is 28.4. The number of aliphatic hydroxyl groups is 3. The first-order valence-electron chi connectivity index (χ1n) is 16.1. The fourth-order valence-electron chi connectivity index (χ4n) is 12.0. The molecule has 3 N–H and O–H groups in total. The van der Waals surface area contributed by atoms with Gasteiger partial charge in [0.2, 0.25) is 0 Å². The van der Waals surface area contributed by atoms with Gasteiger partial charge in [0, 0.05) is 12.0 Å². The molecule has 5 nitrogen and oxygen atoms in total. The summed E-state index contributed by atoms with van der Waals surface area (Å²) in [5, 5.41) is 30.7. The van der Waals surface area contributed by atoms with Crippen LogP contribution < -0.4 is 0 Å². The van der Waals surface area contributed by atoms with Crippen LogP contribution in [0.15, 0.2) is 12.2 Å². The molecule has 0 aromatic rings. The summed E-state index contributed by atoms with van der Waals surface area (Å²) in [7, 11) is 0. The van der Waals surface area contributed by atoms with Gasteiger partial charge in [-0.3, -0.25) is 4.79 Å². The molecule has 0 aliphatic heterocycles. The molecule has 5 aliphatic carbocycles. The van der Waals surface area contributed by atoms with Gasteiger partial charge in [0.1, 0.15) is 0 Å². The minimum atomic E-state index is -0.427. The Balaban J connectivity index is 1.49. The monoisotopic (exact) mass is 544 g/mol. The molecule has 5 saturated carbocycles. The van der Waals surface area contributed by atoms with Crippen molar-refractivity contribution in [2.75, 3.05) is 19.8 Å². The van der Waals surface area contributed by atoms with Crippen LogP contribution in [-0.4, -0.2) is 47.2 Å². The summed E-state index contributed by atoms with van der Waals surface area (Å²) in [6, 6.07) is 0. The van der Waals surface area contributed by atoms with Gasteiger partial charge in [-0.15, -0.1) is 0 Å². The van der Waals surface area contributed by atoms with Gasteiger partial charge < -0.3 is 20.1 Å². The number of fused-ring (bicyclic) bond motifs is 7. The Morgan fingerprint density at radius 1 is 0.872 bits per heavy atom. The van der Waals surface area contributed by atoms with Crippen LogP contribution in [0.2, 0.25) is 0 Å². The van der Waals surface area contributed by atoms with Gasteiger partial charge in [0.25, 0.3) is 0 Å². The summed E-state index contributed by atoms with van der Waals surface area (Å²) in [6.07, 6.45) is 11.2. The van der Waals surface area contributed by atoms with E-state index < -0.39 is 16.9 Å². The van der Waals surface area contributed by atoms with Gasteiger partial charge in [-0.1, -0.05) is 39.8 Å². The van der Waals surface area contributed by atoms with Crippen LogP contribution in [0.4, 0.5) is 0 Å². The van der Waals surface area contributed by atoms with Gasteiger partial charge >= 0.3 is 5.97 Å². The van der Waals surface area contributed by atoms with Gasteiger partial charge in [-0.2, -0.15) is 0 Å². The van der Waals surface area contributed by atoms with E-state index in [1.807, 2.05) is 0 Å². The van der Waals surface area contributed by atoms with E-state index in [0.29, 0.717) is 42.6 Å². The first-order chi connectivity index (χ1) is 18.4. The van der Waals surface area contributed by atoms with Crippen molar-refractivity contribution in [1.82, 2.24) is 0 Å². The van der Waals surface area contributed by atoms with Crippen molar-refractivity contribution in [3.63, 3.8) is 0 Å². The van der Waals surface area contributed by atoms with Crippen molar-refractivity contribution in [3.8, 4) is 0 Å². The zero-order valence-electron chi connectivity index (χ0n) is 25.4. The molecule has 0 heterocycles. The smallest absolute Gasteiger partial charge is 0.312 e. The Hall–Kier alpha value is -0.910. The summed E-state index contributed by atoms with van der Waals surface area (Å²) in [5.74, 6) is 2.04. The number of aliphatic hydroxyl groups excluding tert-OH is 3. The van der Waals surface area contributed by atoms with Crippen LogP contribution in [0.25, 0.3) is 0 Å². The molecule has 0 aromatic carbocycles. The van der Waals surface area contributed by atoms with Crippen LogP contribution in [0.1, 0.15) is 112 Å². The predicted octanol–water partition coefficient (Wildman–Crippen LogP) is 6.29. The van der Waals surface area contributed by atoms with Crippen molar-refractivity contribution in [3.05, 3.63) is 12.2 Å². The molecule has 222 valence electrons. The third kappa shape index (κ3) is 3.98. The SMILES string of the molecule is C=C(C)[C@@H]1CC[C@]2(C(=O)OCCCCO)CC[C@]3(C)[C@H](CC[C@@H]4[C@@]5(C)CC[C@H](O)[C@@](C)(CO)[C@@H]5CC[C@]43C)[C@@H]12. The van der Waals surface area contributed by atoms with E-state index >= 15 is 0 Å². The second-order valence-corrected chi connectivity index (χ2v) is 15.6. The summed E-state index contributed by atoms with van der Waals surface area (Å²) < 4.78 is 5.97. The van der Waals surface area contributed by atoms with Crippen molar-refractivity contribution in [1.29, 1.82) is 0 Å². The van der Waals surface area contributed by atoms with Crippen LogP contribution in [0.3, 0.4) is 0 Å². The van der Waals surface area contributed by atoms with E-state index in [2.05, 4.69) is 41.2 Å². The number of unbranched alkanes of at least 4 members (excludes halogenated alkanes) is 1. The molecular formula is C34H56O5. The van der Waals surface area contributed by atoms with Crippen molar-refractivity contribution in [2.45, 2.75) is 118 Å². The van der Waals surface area contributed by atoms with Crippen LogP contribution >= 0.6 is 0 Å². The van der Waals surface area contributed by atoms with Gasteiger partial charge in [0.05, 0.1) is 24.7 Å². The molecular weight excluding hydrogens is 488 g/mol. The Morgan fingerprint density at radius 3 is 2.28 bits per heavy atom. The Morgan fingerprint density at radius 2 is 1.62 bits per heavy atom. The highest BCUT2D eigenvalue weighted by Gasteiger charge is 2.72. The fraction of sp³-hybridized carbons (Fsp3) is 0.912. The Labute approximate surface area is 237 Å². The number of carbonyl (C=O) groups excluding carboxylic acids is 1. The third-order valence-corrected chi connectivity index (χ3v) is 14.4. The molecule has 39 heavy (non-hydrogen) atoms. The summed E-state index contributed by atoms with van der Waals surface area (Å²) in [5.41, 5.74) is 0.813. The summed E-state index contributed by atoms with van der Waals surface area (Å²) in [4.78, 5) is 13.9. The number of allylic oxidation sites excluding steroid dienone is 1. The lowest BCUT2D eigenvalue weighted by atomic mass is 9.32. The fourth-order valence-corrected chi connectivity index (χ4v) is 12.0. The number of hydrogen-bond acceptors (Lipinski definition) is 5. The Kier molecular flexibility index (Phi) is 7.68. The molecule has 5 heteroatoms. The lowest BCUT2D eigenvalue weighted by molar-refractivity contribution is -0.254. The van der Waals surface area contributed by atoms with Crippen molar-refractivity contribution in [2.24, 2.45) is 56.7 Å². The maximum atomic E-state index is 13.9. The molecule has 0 spiro atoms. The average Bonchev–Trinajstić information content (AvgIpc) is 3.31. The number of hydrogen-bond donors (Lipinski definition) is 3. The largest absolute Gasteiger partial charge is 0.465 e. The van der Waals surface area contributed by atoms with Crippen LogP contribution in [0, 0.1) is 56.7 Å². The van der Waals surface area contributed by atoms with E-state index in [4.69, 9.17) is 4.74 Å². The predicted molar refractivity (Wildman–Crippen MR) is 154 cm³/mol. The van der Waals surface area contributed by atoms with Crippen LogP contribution in [0.5, 0.6) is 0 Å². The maximum absolute atomic E-state index is 13.9. The quantitative estimate of drug-likeness (QED) is 0.199. The normalized spacial score (nSPS) is 50.8.